The maximum atomic E-state index is 11.9. The summed E-state index contributed by atoms with van der Waals surface area (Å²) in [6.45, 7) is 4.13. The highest BCUT2D eigenvalue weighted by Crippen LogP contribution is 2.38. The highest BCUT2D eigenvalue weighted by molar-refractivity contribution is 7.08. The van der Waals surface area contributed by atoms with Crippen molar-refractivity contribution < 1.29 is 4.79 Å². The van der Waals surface area contributed by atoms with Gasteiger partial charge >= 0.3 is 0 Å². The fraction of sp³-hybridized carbons (Fsp3) is 0.385. The van der Waals surface area contributed by atoms with Crippen molar-refractivity contribution in [3.8, 4) is 0 Å². The molecule has 1 N–H and O–H groups in total. The van der Waals surface area contributed by atoms with E-state index >= 15 is 0 Å². The quantitative estimate of drug-likeness (QED) is 0.903. The van der Waals surface area contributed by atoms with E-state index in [1.165, 1.54) is 5.56 Å². The third kappa shape index (κ3) is 1.75. The number of rotatable bonds is 2. The highest BCUT2D eigenvalue weighted by Gasteiger charge is 2.30. The molecule has 0 radical (unpaired) electrons. The van der Waals surface area contributed by atoms with Crippen LogP contribution in [0.25, 0.3) is 0 Å². The fourth-order valence-corrected chi connectivity index (χ4v) is 3.11. The Labute approximate surface area is 110 Å². The minimum atomic E-state index is 0.0705. The zero-order valence-corrected chi connectivity index (χ0v) is 11.2. The van der Waals surface area contributed by atoms with E-state index in [-0.39, 0.29) is 17.9 Å². The van der Waals surface area contributed by atoms with Crippen LogP contribution in [0.15, 0.2) is 23.0 Å². The van der Waals surface area contributed by atoms with Crippen LogP contribution in [0.4, 0.5) is 5.82 Å². The Morgan fingerprint density at radius 1 is 1.56 bits per heavy atom. The summed E-state index contributed by atoms with van der Waals surface area (Å²) in [6, 6.07) is 2.33. The van der Waals surface area contributed by atoms with Crippen molar-refractivity contribution in [1.82, 2.24) is 9.78 Å². The lowest BCUT2D eigenvalue weighted by Crippen LogP contribution is -2.25. The van der Waals surface area contributed by atoms with Gasteiger partial charge in [-0.25, -0.2) is 4.68 Å². The van der Waals surface area contributed by atoms with Crippen LogP contribution in [0, 0.1) is 0 Å². The molecule has 18 heavy (non-hydrogen) atoms. The normalized spacial score (nSPS) is 18.8. The lowest BCUT2D eigenvalue weighted by atomic mass is 9.89. The SMILES string of the molecule is CC(C)n1ncc2c1NC(=O)C[C@H]2c1ccsc1. The number of carbonyl (C=O) groups excluding carboxylic acids is 1. The summed E-state index contributed by atoms with van der Waals surface area (Å²) in [7, 11) is 0. The molecule has 3 heterocycles. The first-order valence-corrected chi connectivity index (χ1v) is 7.00. The molecular formula is C13H15N3OS. The second kappa shape index (κ2) is 4.24. The number of nitrogens with one attached hydrogen (secondary N) is 1. The zero-order valence-electron chi connectivity index (χ0n) is 10.4. The first-order chi connectivity index (χ1) is 8.66. The van der Waals surface area contributed by atoms with Gasteiger partial charge in [-0.05, 0) is 36.2 Å². The Morgan fingerprint density at radius 2 is 2.39 bits per heavy atom. The number of nitrogens with zero attached hydrogens (tertiary/aromatic N) is 2. The standard InChI is InChI=1S/C13H15N3OS/c1-8(2)16-13-11(6-14-16)10(5-12(17)15-13)9-3-4-18-7-9/h3-4,6-8,10H,5H2,1-2H3,(H,15,17)/t10-/m0/s1. The van der Waals surface area contributed by atoms with E-state index < -0.39 is 0 Å². The molecule has 94 valence electrons. The maximum absolute atomic E-state index is 11.9. The summed E-state index contributed by atoms with van der Waals surface area (Å²) in [4.78, 5) is 11.9. The second-order valence-corrected chi connectivity index (χ2v) is 5.63. The summed E-state index contributed by atoms with van der Waals surface area (Å²) < 4.78 is 1.88. The van der Waals surface area contributed by atoms with Gasteiger partial charge in [0.05, 0.1) is 6.20 Å². The van der Waals surface area contributed by atoms with Gasteiger partial charge in [-0.1, -0.05) is 0 Å². The molecule has 0 saturated heterocycles. The van der Waals surface area contributed by atoms with Crippen molar-refractivity contribution in [3.63, 3.8) is 0 Å². The lowest BCUT2D eigenvalue weighted by molar-refractivity contribution is -0.116. The summed E-state index contributed by atoms with van der Waals surface area (Å²) in [5.41, 5.74) is 2.33. The second-order valence-electron chi connectivity index (χ2n) is 4.85. The van der Waals surface area contributed by atoms with Crippen molar-refractivity contribution in [2.24, 2.45) is 0 Å². The summed E-state index contributed by atoms with van der Waals surface area (Å²) in [6.07, 6.45) is 2.39. The van der Waals surface area contributed by atoms with Crippen LogP contribution in [0.1, 0.15) is 43.4 Å². The van der Waals surface area contributed by atoms with Crippen molar-refractivity contribution in [3.05, 3.63) is 34.2 Å². The van der Waals surface area contributed by atoms with Gasteiger partial charge < -0.3 is 5.32 Å². The van der Waals surface area contributed by atoms with Crippen LogP contribution in [0.5, 0.6) is 0 Å². The topological polar surface area (TPSA) is 46.9 Å². The number of hydrogen-bond acceptors (Lipinski definition) is 3. The van der Waals surface area contributed by atoms with Gasteiger partial charge in [-0.3, -0.25) is 4.79 Å². The number of fused-ring (bicyclic) bond motifs is 1. The summed E-state index contributed by atoms with van der Waals surface area (Å²) in [5.74, 6) is 1.08. The van der Waals surface area contributed by atoms with Crippen molar-refractivity contribution >= 4 is 23.1 Å². The smallest absolute Gasteiger partial charge is 0.226 e. The summed E-state index contributed by atoms with van der Waals surface area (Å²) >= 11 is 1.66. The Balaban J connectivity index is 2.09. The first kappa shape index (κ1) is 11.5. The van der Waals surface area contributed by atoms with Gasteiger partial charge in [0.25, 0.3) is 0 Å². The van der Waals surface area contributed by atoms with Crippen molar-refractivity contribution in [2.75, 3.05) is 5.32 Å². The van der Waals surface area contributed by atoms with E-state index in [4.69, 9.17) is 0 Å². The van der Waals surface area contributed by atoms with E-state index in [1.807, 2.05) is 16.3 Å². The average molecular weight is 261 g/mol. The molecule has 0 unspecified atom stereocenters. The molecule has 1 aliphatic rings. The van der Waals surface area contributed by atoms with E-state index in [2.05, 4.69) is 35.7 Å². The van der Waals surface area contributed by atoms with E-state index in [0.717, 1.165) is 11.4 Å². The molecule has 2 aromatic rings. The molecule has 0 spiro atoms. The number of carbonyl (C=O) groups is 1. The molecule has 2 aromatic heterocycles. The van der Waals surface area contributed by atoms with Crippen LogP contribution in [-0.4, -0.2) is 15.7 Å². The molecular weight excluding hydrogens is 246 g/mol. The molecule has 0 saturated carbocycles. The molecule has 0 aliphatic carbocycles. The van der Waals surface area contributed by atoms with Crippen LogP contribution >= 0.6 is 11.3 Å². The van der Waals surface area contributed by atoms with Gasteiger partial charge in [0.15, 0.2) is 0 Å². The Hall–Kier alpha value is -1.62. The predicted octanol–water partition coefficient (Wildman–Crippen LogP) is 3.00. The maximum Gasteiger partial charge on any atom is 0.226 e. The first-order valence-electron chi connectivity index (χ1n) is 6.06. The molecule has 4 nitrogen and oxygen atoms in total. The molecule has 3 rings (SSSR count). The van der Waals surface area contributed by atoms with Gasteiger partial charge in [0.1, 0.15) is 5.82 Å². The average Bonchev–Trinajstić information content (AvgIpc) is 2.96. The van der Waals surface area contributed by atoms with Crippen molar-refractivity contribution in [1.29, 1.82) is 0 Å². The molecule has 5 heteroatoms. The van der Waals surface area contributed by atoms with Crippen LogP contribution in [0.2, 0.25) is 0 Å². The molecule has 1 amide bonds. The highest BCUT2D eigenvalue weighted by atomic mass is 32.1. The van der Waals surface area contributed by atoms with Gasteiger partial charge in [-0.2, -0.15) is 16.4 Å². The lowest BCUT2D eigenvalue weighted by Gasteiger charge is -2.23. The minimum absolute atomic E-state index is 0.0705. The molecule has 1 aliphatic heterocycles. The van der Waals surface area contributed by atoms with Gasteiger partial charge in [-0.15, -0.1) is 0 Å². The molecule has 0 bridgehead atoms. The van der Waals surface area contributed by atoms with Crippen LogP contribution < -0.4 is 5.32 Å². The Kier molecular flexibility index (Phi) is 2.70. The Bertz CT molecular complexity index is 571. The molecule has 0 fully saturated rings. The van der Waals surface area contributed by atoms with Crippen LogP contribution in [-0.2, 0) is 4.79 Å². The number of anilines is 1. The van der Waals surface area contributed by atoms with E-state index in [0.29, 0.717) is 6.42 Å². The number of amides is 1. The summed E-state index contributed by atoms with van der Waals surface area (Å²) in [5, 5.41) is 11.5. The molecule has 0 aromatic carbocycles. The number of hydrogen-bond donors (Lipinski definition) is 1. The zero-order chi connectivity index (χ0) is 12.7. The number of thiophene rings is 1. The monoisotopic (exact) mass is 261 g/mol. The largest absolute Gasteiger partial charge is 0.311 e. The molecule has 1 atom stereocenters. The third-order valence-corrected chi connectivity index (χ3v) is 3.98. The van der Waals surface area contributed by atoms with E-state index in [9.17, 15) is 4.79 Å². The fourth-order valence-electron chi connectivity index (χ4n) is 2.40. The van der Waals surface area contributed by atoms with Crippen molar-refractivity contribution in [2.45, 2.75) is 32.2 Å². The van der Waals surface area contributed by atoms with Crippen LogP contribution in [0.3, 0.4) is 0 Å². The number of aromatic nitrogens is 2. The van der Waals surface area contributed by atoms with E-state index in [1.54, 1.807) is 11.3 Å². The minimum Gasteiger partial charge on any atom is -0.311 e. The third-order valence-electron chi connectivity index (χ3n) is 3.28. The van der Waals surface area contributed by atoms with Gasteiger partial charge in [0, 0.05) is 23.9 Å². The Morgan fingerprint density at radius 3 is 3.06 bits per heavy atom. The predicted molar refractivity (Wildman–Crippen MR) is 72.0 cm³/mol. The van der Waals surface area contributed by atoms with Gasteiger partial charge in [0.2, 0.25) is 5.91 Å².